The van der Waals surface area contributed by atoms with E-state index in [2.05, 4.69) is 5.32 Å². The Hall–Kier alpha value is -2.67. The monoisotopic (exact) mass is 385 g/mol. The van der Waals surface area contributed by atoms with E-state index in [-0.39, 0.29) is 30.6 Å². The van der Waals surface area contributed by atoms with Crippen molar-refractivity contribution in [1.82, 2.24) is 14.5 Å². The third-order valence-corrected chi connectivity index (χ3v) is 5.39. The molecule has 0 atom stereocenters. The zero-order valence-corrected chi connectivity index (χ0v) is 16.7. The average Bonchev–Trinajstić information content (AvgIpc) is 3.08. The van der Waals surface area contributed by atoms with Gasteiger partial charge in [0.2, 0.25) is 5.91 Å². The fraction of sp³-hybridized carbons (Fsp3) is 0.350. The molecule has 1 N–H and O–H groups in total. The molecule has 0 spiro atoms. The van der Waals surface area contributed by atoms with Gasteiger partial charge in [-0.15, -0.1) is 11.3 Å². The molecule has 27 heavy (non-hydrogen) atoms. The lowest BCUT2D eigenvalue weighted by atomic mass is 10.1. The van der Waals surface area contributed by atoms with Crippen molar-refractivity contribution in [3.8, 4) is 0 Å². The van der Waals surface area contributed by atoms with Crippen molar-refractivity contribution < 1.29 is 4.79 Å². The predicted molar refractivity (Wildman–Crippen MR) is 109 cm³/mol. The van der Waals surface area contributed by atoms with E-state index in [1.54, 1.807) is 11.4 Å². The standard InChI is InChI=1S/C20H23N3O3S/c1-12(2)21-17(24)11-22-16-7-8-27-18(16)19(25)23(20(22)26)10-15-6-5-13(3)14(4)9-15/h5-9,12H,10-11H2,1-4H3,(H,21,24). The summed E-state index contributed by atoms with van der Waals surface area (Å²) in [5.74, 6) is -0.254. The summed E-state index contributed by atoms with van der Waals surface area (Å²) in [5, 5.41) is 4.56. The van der Waals surface area contributed by atoms with E-state index in [0.717, 1.165) is 16.7 Å². The molecule has 0 saturated carbocycles. The van der Waals surface area contributed by atoms with Gasteiger partial charge in [-0.3, -0.25) is 18.7 Å². The third kappa shape index (κ3) is 3.88. The number of carbonyl (C=O) groups excluding carboxylic acids is 1. The van der Waals surface area contributed by atoms with Crippen LogP contribution in [0.2, 0.25) is 0 Å². The Morgan fingerprint density at radius 2 is 1.85 bits per heavy atom. The minimum atomic E-state index is -0.469. The number of hydrogen-bond acceptors (Lipinski definition) is 4. The quantitative estimate of drug-likeness (QED) is 0.733. The minimum absolute atomic E-state index is 0.0207. The number of thiophene rings is 1. The Kier molecular flexibility index (Phi) is 5.32. The molecule has 2 heterocycles. The maximum absolute atomic E-state index is 13.0. The Labute approximate surface area is 161 Å². The number of rotatable bonds is 5. The van der Waals surface area contributed by atoms with E-state index < -0.39 is 5.69 Å². The van der Waals surface area contributed by atoms with Gasteiger partial charge >= 0.3 is 5.69 Å². The van der Waals surface area contributed by atoms with Crippen LogP contribution in [0.15, 0.2) is 39.2 Å². The average molecular weight is 385 g/mol. The van der Waals surface area contributed by atoms with Gasteiger partial charge in [0, 0.05) is 6.04 Å². The summed E-state index contributed by atoms with van der Waals surface area (Å²) in [6.45, 7) is 7.81. The van der Waals surface area contributed by atoms with Crippen LogP contribution in [0, 0.1) is 13.8 Å². The van der Waals surface area contributed by atoms with E-state index in [1.807, 2.05) is 45.9 Å². The zero-order valence-electron chi connectivity index (χ0n) is 15.9. The number of nitrogens with one attached hydrogen (secondary N) is 1. The fourth-order valence-electron chi connectivity index (χ4n) is 3.02. The van der Waals surface area contributed by atoms with Crippen molar-refractivity contribution in [2.75, 3.05) is 0 Å². The summed E-state index contributed by atoms with van der Waals surface area (Å²) in [6.07, 6.45) is 0. The molecule has 3 rings (SSSR count). The topological polar surface area (TPSA) is 73.1 Å². The van der Waals surface area contributed by atoms with Crippen molar-refractivity contribution in [2.24, 2.45) is 0 Å². The Bertz CT molecular complexity index is 1120. The molecule has 0 bridgehead atoms. The summed E-state index contributed by atoms with van der Waals surface area (Å²) in [7, 11) is 0. The van der Waals surface area contributed by atoms with E-state index in [0.29, 0.717) is 10.2 Å². The fourth-order valence-corrected chi connectivity index (χ4v) is 3.86. The molecule has 6 nitrogen and oxygen atoms in total. The van der Waals surface area contributed by atoms with Gasteiger partial charge in [-0.25, -0.2) is 4.79 Å². The lowest BCUT2D eigenvalue weighted by Crippen LogP contribution is -2.43. The number of amides is 1. The highest BCUT2D eigenvalue weighted by atomic mass is 32.1. The normalized spacial score (nSPS) is 11.3. The Balaban J connectivity index is 2.10. The van der Waals surface area contributed by atoms with Crippen LogP contribution in [-0.4, -0.2) is 21.1 Å². The van der Waals surface area contributed by atoms with Crippen molar-refractivity contribution >= 4 is 27.5 Å². The summed E-state index contributed by atoms with van der Waals surface area (Å²) >= 11 is 1.28. The van der Waals surface area contributed by atoms with Gasteiger partial charge in [0.25, 0.3) is 5.56 Å². The smallest absolute Gasteiger partial charge is 0.332 e. The second-order valence-electron chi connectivity index (χ2n) is 7.04. The molecule has 3 aromatic rings. The summed E-state index contributed by atoms with van der Waals surface area (Å²) < 4.78 is 3.08. The largest absolute Gasteiger partial charge is 0.352 e. The number of carbonyl (C=O) groups is 1. The lowest BCUT2D eigenvalue weighted by molar-refractivity contribution is -0.122. The molecular weight excluding hydrogens is 362 g/mol. The maximum atomic E-state index is 13.0. The van der Waals surface area contributed by atoms with Crippen LogP contribution >= 0.6 is 11.3 Å². The number of aryl methyl sites for hydroxylation is 2. The van der Waals surface area contributed by atoms with Crippen molar-refractivity contribution in [3.63, 3.8) is 0 Å². The molecule has 0 unspecified atom stereocenters. The predicted octanol–water partition coefficient (Wildman–Crippen LogP) is 2.41. The van der Waals surface area contributed by atoms with Gasteiger partial charge < -0.3 is 5.32 Å². The zero-order chi connectivity index (χ0) is 19.7. The highest BCUT2D eigenvalue weighted by molar-refractivity contribution is 7.17. The highest BCUT2D eigenvalue weighted by Crippen LogP contribution is 2.16. The Morgan fingerprint density at radius 1 is 1.11 bits per heavy atom. The van der Waals surface area contributed by atoms with Gasteiger partial charge in [-0.05, 0) is 55.8 Å². The molecule has 142 valence electrons. The first kappa shape index (κ1) is 19.1. The third-order valence-electron chi connectivity index (χ3n) is 4.50. The van der Waals surface area contributed by atoms with Gasteiger partial charge in [0.05, 0.1) is 12.1 Å². The second kappa shape index (κ2) is 7.52. The number of fused-ring (bicyclic) bond motifs is 1. The second-order valence-corrected chi connectivity index (χ2v) is 7.95. The first-order valence-electron chi connectivity index (χ1n) is 8.84. The van der Waals surface area contributed by atoms with Crippen LogP contribution in [0.5, 0.6) is 0 Å². The van der Waals surface area contributed by atoms with Crippen molar-refractivity contribution in [3.05, 3.63) is 67.2 Å². The summed E-state index contributed by atoms with van der Waals surface area (Å²) in [5.41, 5.74) is 2.86. The number of benzene rings is 1. The van der Waals surface area contributed by atoms with Crippen molar-refractivity contribution in [1.29, 1.82) is 0 Å². The molecule has 1 aromatic carbocycles. The highest BCUT2D eigenvalue weighted by Gasteiger charge is 2.17. The molecule has 0 radical (unpaired) electrons. The molecule has 0 aliphatic heterocycles. The van der Waals surface area contributed by atoms with Crippen LogP contribution in [-0.2, 0) is 17.9 Å². The first-order chi connectivity index (χ1) is 12.8. The van der Waals surface area contributed by atoms with Crippen LogP contribution in [0.25, 0.3) is 10.2 Å². The molecule has 0 saturated heterocycles. The number of nitrogens with zero attached hydrogens (tertiary/aromatic N) is 2. The van der Waals surface area contributed by atoms with Crippen LogP contribution in [0.1, 0.15) is 30.5 Å². The van der Waals surface area contributed by atoms with Gasteiger partial charge in [-0.1, -0.05) is 18.2 Å². The molecular formula is C20H23N3O3S. The van der Waals surface area contributed by atoms with E-state index >= 15 is 0 Å². The van der Waals surface area contributed by atoms with E-state index in [9.17, 15) is 14.4 Å². The molecule has 2 aromatic heterocycles. The molecule has 0 fully saturated rings. The van der Waals surface area contributed by atoms with Gasteiger partial charge in [0.15, 0.2) is 0 Å². The maximum Gasteiger partial charge on any atom is 0.332 e. The number of aromatic nitrogens is 2. The number of hydrogen-bond donors (Lipinski definition) is 1. The molecule has 0 aliphatic carbocycles. The molecule has 1 amide bonds. The van der Waals surface area contributed by atoms with Crippen molar-refractivity contribution in [2.45, 2.75) is 46.8 Å². The van der Waals surface area contributed by atoms with Crippen LogP contribution in [0.4, 0.5) is 0 Å². The van der Waals surface area contributed by atoms with E-state index in [4.69, 9.17) is 0 Å². The van der Waals surface area contributed by atoms with Crippen LogP contribution < -0.4 is 16.6 Å². The minimum Gasteiger partial charge on any atom is -0.352 e. The summed E-state index contributed by atoms with van der Waals surface area (Å²) in [4.78, 5) is 38.1. The first-order valence-corrected chi connectivity index (χ1v) is 9.72. The SMILES string of the molecule is Cc1ccc(Cn2c(=O)c3sccc3n(CC(=O)NC(C)C)c2=O)cc1C. The summed E-state index contributed by atoms with van der Waals surface area (Å²) in [6, 6.07) is 7.57. The molecule has 0 aliphatic rings. The lowest BCUT2D eigenvalue weighted by Gasteiger charge is -2.14. The van der Waals surface area contributed by atoms with E-state index in [1.165, 1.54) is 20.5 Å². The van der Waals surface area contributed by atoms with Gasteiger partial charge in [0.1, 0.15) is 11.2 Å². The molecule has 7 heteroatoms. The van der Waals surface area contributed by atoms with Gasteiger partial charge in [-0.2, -0.15) is 0 Å². The Morgan fingerprint density at radius 3 is 2.52 bits per heavy atom. The van der Waals surface area contributed by atoms with Crippen LogP contribution in [0.3, 0.4) is 0 Å².